The summed E-state index contributed by atoms with van der Waals surface area (Å²) in [7, 11) is 0. The third-order valence-corrected chi connectivity index (χ3v) is 4.41. The van der Waals surface area contributed by atoms with E-state index in [4.69, 9.17) is 5.73 Å². The lowest BCUT2D eigenvalue weighted by Gasteiger charge is -2.11. The van der Waals surface area contributed by atoms with Gasteiger partial charge in [0.2, 0.25) is 0 Å². The van der Waals surface area contributed by atoms with Gasteiger partial charge in [0.1, 0.15) is 0 Å². The van der Waals surface area contributed by atoms with E-state index in [9.17, 15) is 4.79 Å². The molecule has 1 aliphatic heterocycles. The standard InChI is InChI=1S/C11H13BrN2OS/c12-9-2-1-7(5-10(9)13)11(15)14-8-3-4-16-6-8/h1-2,5,8H,3-4,6,13H2,(H,14,15). The van der Waals surface area contributed by atoms with Gasteiger partial charge in [-0.25, -0.2) is 0 Å². The third-order valence-electron chi connectivity index (χ3n) is 2.52. The van der Waals surface area contributed by atoms with Crippen LogP contribution >= 0.6 is 27.7 Å². The van der Waals surface area contributed by atoms with Crippen LogP contribution in [0.2, 0.25) is 0 Å². The Kier molecular flexibility index (Phi) is 3.76. The first-order valence-electron chi connectivity index (χ1n) is 5.10. The van der Waals surface area contributed by atoms with Gasteiger partial charge in [0.05, 0.1) is 0 Å². The van der Waals surface area contributed by atoms with E-state index in [1.54, 1.807) is 18.2 Å². The monoisotopic (exact) mass is 300 g/mol. The third kappa shape index (κ3) is 2.71. The molecule has 1 aliphatic rings. The molecule has 1 fully saturated rings. The van der Waals surface area contributed by atoms with Crippen molar-refractivity contribution in [3.05, 3.63) is 28.2 Å². The fourth-order valence-electron chi connectivity index (χ4n) is 1.60. The van der Waals surface area contributed by atoms with E-state index in [1.807, 2.05) is 11.8 Å². The second-order valence-corrected chi connectivity index (χ2v) is 5.77. The van der Waals surface area contributed by atoms with Crippen LogP contribution in [0.25, 0.3) is 0 Å². The van der Waals surface area contributed by atoms with Crippen LogP contribution in [0.15, 0.2) is 22.7 Å². The number of thioether (sulfide) groups is 1. The number of carbonyl (C=O) groups excluding carboxylic acids is 1. The Morgan fingerprint density at radius 3 is 3.00 bits per heavy atom. The number of halogens is 1. The molecule has 16 heavy (non-hydrogen) atoms. The molecule has 2 rings (SSSR count). The lowest BCUT2D eigenvalue weighted by molar-refractivity contribution is 0.0941. The topological polar surface area (TPSA) is 55.1 Å². The van der Waals surface area contributed by atoms with Crippen LogP contribution in [0.1, 0.15) is 16.8 Å². The summed E-state index contributed by atoms with van der Waals surface area (Å²) >= 11 is 5.18. The maximum absolute atomic E-state index is 11.9. The number of rotatable bonds is 2. The normalized spacial score (nSPS) is 19.7. The smallest absolute Gasteiger partial charge is 0.251 e. The second-order valence-electron chi connectivity index (χ2n) is 3.77. The first-order valence-corrected chi connectivity index (χ1v) is 7.05. The lowest BCUT2D eigenvalue weighted by atomic mass is 10.1. The van der Waals surface area contributed by atoms with Gasteiger partial charge in [-0.1, -0.05) is 0 Å². The van der Waals surface area contributed by atoms with Crippen molar-refractivity contribution >= 4 is 39.3 Å². The van der Waals surface area contributed by atoms with Crippen molar-refractivity contribution in [2.75, 3.05) is 17.2 Å². The van der Waals surface area contributed by atoms with Gasteiger partial charge >= 0.3 is 0 Å². The number of nitrogens with two attached hydrogens (primary N) is 1. The van der Waals surface area contributed by atoms with E-state index in [0.29, 0.717) is 17.3 Å². The summed E-state index contributed by atoms with van der Waals surface area (Å²) in [5.41, 5.74) is 6.95. The Hall–Kier alpha value is -0.680. The summed E-state index contributed by atoms with van der Waals surface area (Å²) in [6.07, 6.45) is 1.06. The average Bonchev–Trinajstić information content (AvgIpc) is 2.74. The molecule has 1 amide bonds. The molecule has 0 aromatic heterocycles. The van der Waals surface area contributed by atoms with Crippen LogP contribution in [0.3, 0.4) is 0 Å². The molecular formula is C11H13BrN2OS. The molecule has 3 nitrogen and oxygen atoms in total. The highest BCUT2D eigenvalue weighted by molar-refractivity contribution is 9.10. The summed E-state index contributed by atoms with van der Waals surface area (Å²) in [6, 6.07) is 5.58. The summed E-state index contributed by atoms with van der Waals surface area (Å²) in [5, 5.41) is 3.01. The van der Waals surface area contributed by atoms with E-state index >= 15 is 0 Å². The Balaban J connectivity index is 2.05. The number of nitrogens with one attached hydrogen (secondary N) is 1. The molecule has 5 heteroatoms. The SMILES string of the molecule is Nc1cc(C(=O)NC2CCSC2)ccc1Br. The lowest BCUT2D eigenvalue weighted by Crippen LogP contribution is -2.34. The highest BCUT2D eigenvalue weighted by Gasteiger charge is 2.18. The van der Waals surface area contributed by atoms with Crippen LogP contribution in [0.5, 0.6) is 0 Å². The molecular weight excluding hydrogens is 288 g/mol. The fourth-order valence-corrected chi connectivity index (χ4v) is 3.00. The number of hydrogen-bond donors (Lipinski definition) is 2. The molecule has 0 bridgehead atoms. The average molecular weight is 301 g/mol. The van der Waals surface area contributed by atoms with Gasteiger partial charge in [0.25, 0.3) is 5.91 Å². The van der Waals surface area contributed by atoms with E-state index in [2.05, 4.69) is 21.2 Å². The van der Waals surface area contributed by atoms with Gasteiger partial charge in [-0.3, -0.25) is 4.79 Å². The number of anilines is 1. The second kappa shape index (κ2) is 5.10. The number of hydrogen-bond acceptors (Lipinski definition) is 3. The Bertz CT molecular complexity index is 405. The largest absolute Gasteiger partial charge is 0.398 e. The predicted molar refractivity (Wildman–Crippen MR) is 71.8 cm³/mol. The van der Waals surface area contributed by atoms with Crippen molar-refractivity contribution in [2.45, 2.75) is 12.5 Å². The van der Waals surface area contributed by atoms with Gasteiger partial charge in [0.15, 0.2) is 0 Å². The molecule has 1 saturated heterocycles. The quantitative estimate of drug-likeness (QED) is 0.824. The van der Waals surface area contributed by atoms with Crippen molar-refractivity contribution in [1.82, 2.24) is 5.32 Å². The first kappa shape index (κ1) is 11.8. The molecule has 0 saturated carbocycles. The van der Waals surface area contributed by atoms with Gasteiger partial charge in [-0.2, -0.15) is 11.8 Å². The Morgan fingerprint density at radius 1 is 1.56 bits per heavy atom. The highest BCUT2D eigenvalue weighted by atomic mass is 79.9. The van der Waals surface area contributed by atoms with Crippen molar-refractivity contribution in [1.29, 1.82) is 0 Å². The minimum absolute atomic E-state index is 0.0355. The van der Waals surface area contributed by atoms with Gasteiger partial charge < -0.3 is 11.1 Å². The molecule has 1 atom stereocenters. The molecule has 1 aromatic carbocycles. The predicted octanol–water partition coefficient (Wildman–Crippen LogP) is 2.27. The molecule has 1 heterocycles. The molecule has 1 unspecified atom stereocenters. The van der Waals surface area contributed by atoms with Gasteiger partial charge in [-0.15, -0.1) is 0 Å². The molecule has 0 aliphatic carbocycles. The number of carbonyl (C=O) groups is 1. The van der Waals surface area contributed by atoms with Crippen LogP contribution < -0.4 is 11.1 Å². The van der Waals surface area contributed by atoms with E-state index < -0.39 is 0 Å². The zero-order valence-corrected chi connectivity index (χ0v) is 11.1. The number of nitrogen functional groups attached to an aromatic ring is 1. The van der Waals surface area contributed by atoms with Crippen molar-refractivity contribution < 1.29 is 4.79 Å². The van der Waals surface area contributed by atoms with Gasteiger partial charge in [-0.05, 0) is 46.3 Å². The zero-order chi connectivity index (χ0) is 11.5. The summed E-state index contributed by atoms with van der Waals surface area (Å²) < 4.78 is 0.820. The van der Waals surface area contributed by atoms with Gasteiger partial charge in [0, 0.05) is 27.5 Å². The molecule has 86 valence electrons. The maximum Gasteiger partial charge on any atom is 0.251 e. The van der Waals surface area contributed by atoms with Crippen molar-refractivity contribution in [3.63, 3.8) is 0 Å². The molecule has 1 aromatic rings. The minimum atomic E-state index is -0.0355. The van der Waals surface area contributed by atoms with Crippen molar-refractivity contribution in [2.24, 2.45) is 0 Å². The highest BCUT2D eigenvalue weighted by Crippen LogP contribution is 2.21. The fraction of sp³-hybridized carbons (Fsp3) is 0.364. The number of benzene rings is 1. The first-order chi connectivity index (χ1) is 7.66. The number of amides is 1. The molecule has 3 N–H and O–H groups in total. The molecule has 0 radical (unpaired) electrons. The summed E-state index contributed by atoms with van der Waals surface area (Å²) in [6.45, 7) is 0. The molecule has 0 spiro atoms. The summed E-state index contributed by atoms with van der Waals surface area (Å²) in [4.78, 5) is 11.9. The maximum atomic E-state index is 11.9. The minimum Gasteiger partial charge on any atom is -0.398 e. The van der Waals surface area contributed by atoms with E-state index in [1.165, 1.54) is 0 Å². The van der Waals surface area contributed by atoms with E-state index in [-0.39, 0.29) is 5.91 Å². The van der Waals surface area contributed by atoms with Crippen LogP contribution in [0.4, 0.5) is 5.69 Å². The van der Waals surface area contributed by atoms with E-state index in [0.717, 1.165) is 22.4 Å². The summed E-state index contributed by atoms with van der Waals surface area (Å²) in [5.74, 6) is 2.11. The zero-order valence-electron chi connectivity index (χ0n) is 8.70. The van der Waals surface area contributed by atoms with Crippen LogP contribution in [0, 0.1) is 0 Å². The van der Waals surface area contributed by atoms with Crippen LogP contribution in [-0.2, 0) is 0 Å². The Labute approximate surface area is 107 Å². The Morgan fingerprint density at radius 2 is 2.38 bits per heavy atom. The van der Waals surface area contributed by atoms with Crippen molar-refractivity contribution in [3.8, 4) is 0 Å². The van der Waals surface area contributed by atoms with Crippen LogP contribution in [-0.4, -0.2) is 23.5 Å².